The number of nitrogens with zero attached hydrogens (tertiary/aromatic N) is 4. The first kappa shape index (κ1) is 17.9. The highest BCUT2D eigenvalue weighted by atomic mass is 16.5. The van der Waals surface area contributed by atoms with E-state index in [4.69, 9.17) is 4.74 Å². The van der Waals surface area contributed by atoms with Crippen molar-refractivity contribution in [1.29, 1.82) is 0 Å². The van der Waals surface area contributed by atoms with Crippen LogP contribution < -0.4 is 5.32 Å². The fourth-order valence-corrected chi connectivity index (χ4v) is 3.89. The number of hydrogen-bond acceptors (Lipinski definition) is 6. The van der Waals surface area contributed by atoms with Crippen molar-refractivity contribution < 1.29 is 9.53 Å². The van der Waals surface area contributed by atoms with E-state index in [1.165, 1.54) is 0 Å². The Bertz CT molecular complexity index is 790. The fourth-order valence-electron chi connectivity index (χ4n) is 3.89. The first-order valence-electron chi connectivity index (χ1n) is 9.42. The van der Waals surface area contributed by atoms with E-state index in [1.807, 2.05) is 30.9 Å². The molecule has 2 saturated heterocycles. The third-order valence-corrected chi connectivity index (χ3v) is 5.32. The van der Waals surface area contributed by atoms with E-state index < -0.39 is 0 Å². The van der Waals surface area contributed by atoms with Crippen molar-refractivity contribution in [3.05, 3.63) is 47.5 Å². The molecule has 2 aliphatic heterocycles. The van der Waals surface area contributed by atoms with Crippen LogP contribution in [0.25, 0.3) is 0 Å². The molecule has 4 rings (SSSR count). The van der Waals surface area contributed by atoms with Crippen LogP contribution in [-0.2, 0) is 4.74 Å². The molecule has 4 heterocycles. The van der Waals surface area contributed by atoms with Crippen LogP contribution in [0.4, 0.5) is 5.95 Å². The van der Waals surface area contributed by atoms with E-state index in [1.54, 1.807) is 18.5 Å². The number of ether oxygens (including phenoxy) is 1. The van der Waals surface area contributed by atoms with Crippen molar-refractivity contribution in [3.8, 4) is 0 Å². The smallest absolute Gasteiger partial charge is 0.254 e. The maximum absolute atomic E-state index is 12.7. The molecular weight excluding hydrogens is 342 g/mol. The Labute approximate surface area is 159 Å². The van der Waals surface area contributed by atoms with Gasteiger partial charge in [0, 0.05) is 35.9 Å². The monoisotopic (exact) mass is 367 g/mol. The minimum atomic E-state index is -0.160. The molecule has 0 unspecified atom stereocenters. The van der Waals surface area contributed by atoms with Crippen LogP contribution in [0.2, 0.25) is 0 Å². The summed E-state index contributed by atoms with van der Waals surface area (Å²) in [7, 11) is 0. The zero-order valence-electron chi connectivity index (χ0n) is 15.8. The predicted octanol–water partition coefficient (Wildman–Crippen LogP) is 2.22. The molecule has 27 heavy (non-hydrogen) atoms. The number of amides is 1. The molecule has 0 bridgehead atoms. The van der Waals surface area contributed by atoms with Gasteiger partial charge in [-0.15, -0.1) is 0 Å². The number of rotatable bonds is 4. The number of aryl methyl sites for hydroxylation is 2. The van der Waals surface area contributed by atoms with Gasteiger partial charge in [-0.25, -0.2) is 9.97 Å². The zero-order valence-corrected chi connectivity index (χ0v) is 15.8. The Balaban J connectivity index is 1.26. The molecule has 1 N–H and O–H groups in total. The maximum atomic E-state index is 12.7. The normalized spacial score (nSPS) is 21.0. The highest BCUT2D eigenvalue weighted by molar-refractivity contribution is 5.95. The Morgan fingerprint density at radius 2 is 1.96 bits per heavy atom. The Hall–Kier alpha value is -2.54. The average molecular weight is 367 g/mol. The Morgan fingerprint density at radius 3 is 2.59 bits per heavy atom. The first-order valence-corrected chi connectivity index (χ1v) is 9.42. The molecule has 1 spiro atoms. The van der Waals surface area contributed by atoms with Gasteiger partial charge in [-0.2, -0.15) is 0 Å². The third kappa shape index (κ3) is 3.93. The van der Waals surface area contributed by atoms with Gasteiger partial charge >= 0.3 is 0 Å². The quantitative estimate of drug-likeness (QED) is 0.893. The molecule has 2 fully saturated rings. The van der Waals surface area contributed by atoms with E-state index in [0.717, 1.165) is 36.3 Å². The first-order chi connectivity index (χ1) is 13.0. The molecule has 2 aromatic rings. The van der Waals surface area contributed by atoms with Gasteiger partial charge in [-0.1, -0.05) is 0 Å². The van der Waals surface area contributed by atoms with Crippen LogP contribution in [0.5, 0.6) is 0 Å². The molecule has 0 radical (unpaired) electrons. The van der Waals surface area contributed by atoms with Crippen LogP contribution in [0, 0.1) is 19.8 Å². The summed E-state index contributed by atoms with van der Waals surface area (Å²) in [6.07, 6.45) is 5.52. The van der Waals surface area contributed by atoms with E-state index in [2.05, 4.69) is 20.3 Å². The van der Waals surface area contributed by atoms with Crippen molar-refractivity contribution in [1.82, 2.24) is 19.9 Å². The summed E-state index contributed by atoms with van der Waals surface area (Å²) in [6.45, 7) is 6.69. The van der Waals surface area contributed by atoms with Crippen LogP contribution >= 0.6 is 0 Å². The standard InChI is InChI=1S/C20H25N5O2/c1-14-8-17(9-15(2)24-14)18(26)25-12-20(13-25)5-4-16(11-27-20)10-23-19-21-6-3-7-22-19/h3,6-9,16H,4-5,10-13H2,1-2H3,(H,21,22,23)/t16-/m0/s1. The summed E-state index contributed by atoms with van der Waals surface area (Å²) in [5, 5.41) is 3.26. The van der Waals surface area contributed by atoms with E-state index in [9.17, 15) is 4.79 Å². The van der Waals surface area contributed by atoms with Crippen molar-refractivity contribution in [2.75, 3.05) is 31.6 Å². The zero-order chi connectivity index (χ0) is 18.9. The Kier molecular flexibility index (Phi) is 4.78. The van der Waals surface area contributed by atoms with Crippen LogP contribution in [0.3, 0.4) is 0 Å². The molecule has 7 nitrogen and oxygen atoms in total. The number of anilines is 1. The van der Waals surface area contributed by atoms with Crippen molar-refractivity contribution in [3.63, 3.8) is 0 Å². The number of carbonyl (C=O) groups is 1. The van der Waals surface area contributed by atoms with Crippen molar-refractivity contribution >= 4 is 11.9 Å². The highest BCUT2D eigenvalue weighted by Gasteiger charge is 2.48. The van der Waals surface area contributed by atoms with Crippen molar-refractivity contribution in [2.24, 2.45) is 5.92 Å². The largest absolute Gasteiger partial charge is 0.371 e. The number of pyridine rings is 1. The highest BCUT2D eigenvalue weighted by Crippen LogP contribution is 2.36. The van der Waals surface area contributed by atoms with Crippen LogP contribution in [-0.4, -0.2) is 57.6 Å². The van der Waals surface area contributed by atoms with Gasteiger partial charge in [0.2, 0.25) is 5.95 Å². The fraction of sp³-hybridized carbons (Fsp3) is 0.500. The van der Waals surface area contributed by atoms with Gasteiger partial charge in [-0.05, 0) is 50.8 Å². The van der Waals surface area contributed by atoms with E-state index in [-0.39, 0.29) is 11.5 Å². The predicted molar refractivity (Wildman–Crippen MR) is 102 cm³/mol. The lowest BCUT2D eigenvalue weighted by Crippen LogP contribution is -2.66. The summed E-state index contributed by atoms with van der Waals surface area (Å²) in [6, 6.07) is 5.52. The Morgan fingerprint density at radius 1 is 1.26 bits per heavy atom. The number of carbonyl (C=O) groups excluding carboxylic acids is 1. The molecule has 1 atom stereocenters. The summed E-state index contributed by atoms with van der Waals surface area (Å²) in [4.78, 5) is 27.3. The lowest BCUT2D eigenvalue weighted by Gasteiger charge is -2.52. The summed E-state index contributed by atoms with van der Waals surface area (Å²) >= 11 is 0. The number of hydrogen-bond donors (Lipinski definition) is 1. The summed E-state index contributed by atoms with van der Waals surface area (Å²) < 4.78 is 6.18. The lowest BCUT2D eigenvalue weighted by atomic mass is 9.82. The minimum Gasteiger partial charge on any atom is -0.371 e. The lowest BCUT2D eigenvalue weighted by molar-refractivity contribution is -0.165. The molecule has 0 saturated carbocycles. The molecule has 2 aliphatic rings. The van der Waals surface area contributed by atoms with Crippen LogP contribution in [0.1, 0.15) is 34.6 Å². The molecule has 0 aromatic carbocycles. The average Bonchev–Trinajstić information content (AvgIpc) is 2.64. The molecule has 2 aromatic heterocycles. The van der Waals surface area contributed by atoms with Gasteiger partial charge in [-0.3, -0.25) is 9.78 Å². The van der Waals surface area contributed by atoms with E-state index in [0.29, 0.717) is 31.6 Å². The summed E-state index contributed by atoms with van der Waals surface area (Å²) in [5.41, 5.74) is 2.31. The molecule has 1 amide bonds. The third-order valence-electron chi connectivity index (χ3n) is 5.32. The molecule has 7 heteroatoms. The second-order valence-corrected chi connectivity index (χ2v) is 7.65. The second kappa shape index (κ2) is 7.23. The number of nitrogens with one attached hydrogen (secondary N) is 1. The number of likely N-dealkylation sites (tertiary alicyclic amines) is 1. The molecular formula is C20H25N5O2. The van der Waals surface area contributed by atoms with Gasteiger partial charge in [0.1, 0.15) is 5.60 Å². The summed E-state index contributed by atoms with van der Waals surface area (Å²) in [5.74, 6) is 1.17. The van der Waals surface area contributed by atoms with Gasteiger partial charge in [0.15, 0.2) is 0 Å². The van der Waals surface area contributed by atoms with Gasteiger partial charge in [0.05, 0.1) is 19.7 Å². The van der Waals surface area contributed by atoms with Gasteiger partial charge < -0.3 is 15.0 Å². The number of aromatic nitrogens is 3. The van der Waals surface area contributed by atoms with Crippen molar-refractivity contribution in [2.45, 2.75) is 32.3 Å². The van der Waals surface area contributed by atoms with Crippen LogP contribution in [0.15, 0.2) is 30.6 Å². The van der Waals surface area contributed by atoms with Gasteiger partial charge in [0.25, 0.3) is 5.91 Å². The second-order valence-electron chi connectivity index (χ2n) is 7.65. The minimum absolute atomic E-state index is 0.0721. The van der Waals surface area contributed by atoms with E-state index >= 15 is 0 Å². The molecule has 0 aliphatic carbocycles. The molecule has 142 valence electrons. The topological polar surface area (TPSA) is 80.2 Å². The maximum Gasteiger partial charge on any atom is 0.254 e. The SMILES string of the molecule is Cc1cc(C(=O)N2CC3(CC[C@@H](CNc4ncccn4)CO3)C2)cc(C)n1.